The van der Waals surface area contributed by atoms with Crippen molar-refractivity contribution in [2.75, 3.05) is 0 Å². The SMILES string of the molecule is C[C]1CCC(C)(C)C1. The van der Waals surface area contributed by atoms with E-state index in [1.807, 2.05) is 0 Å². The molecule has 0 amide bonds. The van der Waals surface area contributed by atoms with Crippen molar-refractivity contribution < 1.29 is 0 Å². The molecule has 1 aliphatic carbocycles. The lowest BCUT2D eigenvalue weighted by atomic mass is 9.91. The second-order valence-electron chi connectivity index (χ2n) is 3.80. The molecule has 0 spiro atoms. The summed E-state index contributed by atoms with van der Waals surface area (Å²) in [5, 5.41) is 0. The second-order valence-corrected chi connectivity index (χ2v) is 3.80. The largest absolute Gasteiger partial charge is 0.0599 e. The van der Waals surface area contributed by atoms with Gasteiger partial charge in [0.1, 0.15) is 0 Å². The predicted molar refractivity (Wildman–Crippen MR) is 36.5 cm³/mol. The van der Waals surface area contributed by atoms with Gasteiger partial charge in [0.2, 0.25) is 0 Å². The molecule has 0 atom stereocenters. The fourth-order valence-corrected chi connectivity index (χ4v) is 1.55. The third kappa shape index (κ3) is 1.24. The van der Waals surface area contributed by atoms with Crippen LogP contribution in [0.15, 0.2) is 0 Å². The average Bonchev–Trinajstić information content (AvgIpc) is 1.82. The van der Waals surface area contributed by atoms with E-state index in [1.54, 1.807) is 5.92 Å². The maximum Gasteiger partial charge on any atom is -0.0266 e. The fourth-order valence-electron chi connectivity index (χ4n) is 1.55. The van der Waals surface area contributed by atoms with Gasteiger partial charge in [-0.1, -0.05) is 20.8 Å². The van der Waals surface area contributed by atoms with Crippen molar-refractivity contribution in [2.24, 2.45) is 5.41 Å². The lowest BCUT2D eigenvalue weighted by Gasteiger charge is -2.14. The first-order chi connectivity index (χ1) is 3.60. The predicted octanol–water partition coefficient (Wildman–Crippen LogP) is 2.79. The molecule has 0 heteroatoms. The Bertz CT molecular complexity index is 82.0. The van der Waals surface area contributed by atoms with Crippen LogP contribution in [0.2, 0.25) is 0 Å². The Balaban J connectivity index is 2.44. The van der Waals surface area contributed by atoms with Gasteiger partial charge in [-0.25, -0.2) is 0 Å². The lowest BCUT2D eigenvalue weighted by Crippen LogP contribution is -2.03. The fraction of sp³-hybridized carbons (Fsp3) is 0.875. The molecule has 0 N–H and O–H groups in total. The van der Waals surface area contributed by atoms with E-state index in [-0.39, 0.29) is 0 Å². The van der Waals surface area contributed by atoms with Crippen molar-refractivity contribution in [3.63, 3.8) is 0 Å². The van der Waals surface area contributed by atoms with Crippen LogP contribution in [-0.4, -0.2) is 0 Å². The molecule has 1 aliphatic rings. The Morgan fingerprint density at radius 1 is 1.38 bits per heavy atom. The van der Waals surface area contributed by atoms with Crippen molar-refractivity contribution in [1.29, 1.82) is 0 Å². The first kappa shape index (κ1) is 6.12. The molecule has 0 aliphatic heterocycles. The molecule has 0 aromatic rings. The van der Waals surface area contributed by atoms with E-state index in [2.05, 4.69) is 20.8 Å². The molecule has 0 heterocycles. The van der Waals surface area contributed by atoms with Crippen LogP contribution in [0.1, 0.15) is 40.0 Å². The summed E-state index contributed by atoms with van der Waals surface area (Å²) in [6.07, 6.45) is 4.12. The van der Waals surface area contributed by atoms with Gasteiger partial charge in [-0.15, -0.1) is 0 Å². The van der Waals surface area contributed by atoms with Gasteiger partial charge in [-0.3, -0.25) is 0 Å². The molecule has 1 fully saturated rings. The van der Waals surface area contributed by atoms with Gasteiger partial charge >= 0.3 is 0 Å². The number of rotatable bonds is 0. The van der Waals surface area contributed by atoms with Gasteiger partial charge in [-0.2, -0.15) is 0 Å². The zero-order valence-electron chi connectivity index (χ0n) is 6.12. The Labute approximate surface area is 52.3 Å². The van der Waals surface area contributed by atoms with Gasteiger partial charge in [0, 0.05) is 0 Å². The van der Waals surface area contributed by atoms with Gasteiger partial charge < -0.3 is 0 Å². The van der Waals surface area contributed by atoms with Crippen LogP contribution in [0.25, 0.3) is 0 Å². The first-order valence-electron chi connectivity index (χ1n) is 3.41. The summed E-state index contributed by atoms with van der Waals surface area (Å²) in [7, 11) is 0. The van der Waals surface area contributed by atoms with E-state index >= 15 is 0 Å². The summed E-state index contributed by atoms with van der Waals surface area (Å²) in [5.41, 5.74) is 0.629. The van der Waals surface area contributed by atoms with E-state index in [0.717, 1.165) is 0 Å². The standard InChI is InChI=1S/C8H15/c1-7-4-5-8(2,3)6-7/h4-6H2,1-3H3. The van der Waals surface area contributed by atoms with Crippen LogP contribution in [0, 0.1) is 11.3 Å². The molecule has 0 saturated heterocycles. The van der Waals surface area contributed by atoms with Crippen molar-refractivity contribution in [1.82, 2.24) is 0 Å². The smallest absolute Gasteiger partial charge is 0.0266 e. The molecular formula is C8H15. The zero-order chi connectivity index (χ0) is 6.20. The highest BCUT2D eigenvalue weighted by molar-refractivity contribution is 4.97. The number of hydrogen-bond donors (Lipinski definition) is 0. The van der Waals surface area contributed by atoms with Crippen molar-refractivity contribution in [3.05, 3.63) is 5.92 Å². The third-order valence-corrected chi connectivity index (χ3v) is 2.01. The van der Waals surface area contributed by atoms with E-state index in [1.165, 1.54) is 19.3 Å². The second kappa shape index (κ2) is 1.75. The highest BCUT2D eigenvalue weighted by Crippen LogP contribution is 2.41. The lowest BCUT2D eigenvalue weighted by molar-refractivity contribution is 0.385. The van der Waals surface area contributed by atoms with Gasteiger partial charge in [-0.05, 0) is 30.6 Å². The molecule has 0 bridgehead atoms. The van der Waals surface area contributed by atoms with Gasteiger partial charge in [0.25, 0.3) is 0 Å². The first-order valence-corrected chi connectivity index (χ1v) is 3.41. The molecule has 0 aromatic carbocycles. The molecule has 1 rings (SSSR count). The zero-order valence-corrected chi connectivity index (χ0v) is 6.12. The molecule has 0 unspecified atom stereocenters. The average molecular weight is 111 g/mol. The summed E-state index contributed by atoms with van der Waals surface area (Å²) in [4.78, 5) is 0. The van der Waals surface area contributed by atoms with Crippen LogP contribution in [0.5, 0.6) is 0 Å². The minimum atomic E-state index is 0.629. The maximum atomic E-state index is 2.35. The maximum absolute atomic E-state index is 2.35. The van der Waals surface area contributed by atoms with Crippen LogP contribution < -0.4 is 0 Å². The summed E-state index contributed by atoms with van der Waals surface area (Å²) >= 11 is 0. The highest BCUT2D eigenvalue weighted by Gasteiger charge is 2.27. The van der Waals surface area contributed by atoms with E-state index < -0.39 is 0 Å². The Morgan fingerprint density at radius 3 is 2.12 bits per heavy atom. The molecule has 0 nitrogen and oxygen atoms in total. The molecule has 1 saturated carbocycles. The molecule has 1 radical (unpaired) electrons. The Kier molecular flexibility index (Phi) is 1.34. The van der Waals surface area contributed by atoms with E-state index in [9.17, 15) is 0 Å². The number of hydrogen-bond acceptors (Lipinski definition) is 0. The molecular weight excluding hydrogens is 96.1 g/mol. The molecule has 8 heavy (non-hydrogen) atoms. The summed E-state index contributed by atoms with van der Waals surface area (Å²) in [6, 6.07) is 0. The highest BCUT2D eigenvalue weighted by atomic mass is 14.3. The minimum Gasteiger partial charge on any atom is -0.0599 e. The third-order valence-electron chi connectivity index (χ3n) is 2.01. The van der Waals surface area contributed by atoms with Gasteiger partial charge in [0.05, 0.1) is 0 Å². The summed E-state index contributed by atoms with van der Waals surface area (Å²) in [6.45, 7) is 6.97. The van der Waals surface area contributed by atoms with Gasteiger partial charge in [0.15, 0.2) is 0 Å². The van der Waals surface area contributed by atoms with Crippen molar-refractivity contribution in [2.45, 2.75) is 40.0 Å². The molecule has 0 aromatic heterocycles. The van der Waals surface area contributed by atoms with Crippen LogP contribution in [0.3, 0.4) is 0 Å². The van der Waals surface area contributed by atoms with E-state index in [4.69, 9.17) is 0 Å². The Hall–Kier alpha value is 0. The van der Waals surface area contributed by atoms with Crippen LogP contribution in [0.4, 0.5) is 0 Å². The summed E-state index contributed by atoms with van der Waals surface area (Å²) in [5.74, 6) is 1.69. The van der Waals surface area contributed by atoms with E-state index in [0.29, 0.717) is 5.41 Å². The van der Waals surface area contributed by atoms with Crippen LogP contribution in [-0.2, 0) is 0 Å². The monoisotopic (exact) mass is 111 g/mol. The van der Waals surface area contributed by atoms with Crippen LogP contribution >= 0.6 is 0 Å². The van der Waals surface area contributed by atoms with Crippen molar-refractivity contribution in [3.8, 4) is 0 Å². The minimum absolute atomic E-state index is 0.629. The topological polar surface area (TPSA) is 0 Å². The normalized spacial score (nSPS) is 28.9. The summed E-state index contributed by atoms with van der Waals surface area (Å²) < 4.78 is 0. The quantitative estimate of drug-likeness (QED) is 0.451. The Morgan fingerprint density at radius 2 is 2.00 bits per heavy atom. The van der Waals surface area contributed by atoms with Crippen molar-refractivity contribution >= 4 is 0 Å². The molecule has 47 valence electrons.